The summed E-state index contributed by atoms with van der Waals surface area (Å²) in [7, 11) is 3.91. The van der Waals surface area contributed by atoms with Gasteiger partial charge in [-0.05, 0) is 62.4 Å². The van der Waals surface area contributed by atoms with Crippen molar-refractivity contribution in [2.45, 2.75) is 26.3 Å². The number of amides is 3. The maximum atomic E-state index is 12.5. The van der Waals surface area contributed by atoms with Gasteiger partial charge in [-0.3, -0.25) is 14.4 Å². The van der Waals surface area contributed by atoms with Gasteiger partial charge in [0.2, 0.25) is 11.8 Å². The zero-order valence-electron chi connectivity index (χ0n) is 17.8. The van der Waals surface area contributed by atoms with Gasteiger partial charge < -0.3 is 20.4 Å². The number of hydrogen-bond donors (Lipinski definition) is 2. The fourth-order valence-corrected chi connectivity index (χ4v) is 3.40. The van der Waals surface area contributed by atoms with E-state index in [9.17, 15) is 14.4 Å². The van der Waals surface area contributed by atoms with Crippen molar-refractivity contribution in [2.75, 3.05) is 36.2 Å². The first-order valence-corrected chi connectivity index (χ1v) is 10.0. The summed E-state index contributed by atoms with van der Waals surface area (Å²) in [5.41, 5.74) is 2.85. The van der Waals surface area contributed by atoms with Gasteiger partial charge in [-0.15, -0.1) is 0 Å². The molecule has 2 N–H and O–H groups in total. The van der Waals surface area contributed by atoms with E-state index in [1.54, 1.807) is 29.2 Å². The Morgan fingerprint density at radius 2 is 1.53 bits per heavy atom. The largest absolute Gasteiger partial charge is 0.378 e. The topological polar surface area (TPSA) is 81.8 Å². The highest BCUT2D eigenvalue weighted by Gasteiger charge is 2.35. The highest BCUT2D eigenvalue weighted by Crippen LogP contribution is 2.22. The Morgan fingerprint density at radius 3 is 2.07 bits per heavy atom. The molecular weight excluding hydrogens is 380 g/mol. The third-order valence-corrected chi connectivity index (χ3v) is 5.21. The molecule has 0 aromatic heterocycles. The first-order valence-electron chi connectivity index (χ1n) is 10.0. The summed E-state index contributed by atoms with van der Waals surface area (Å²) in [5.74, 6) is -0.743. The van der Waals surface area contributed by atoms with Gasteiger partial charge in [0.05, 0.1) is 5.92 Å². The van der Waals surface area contributed by atoms with Crippen molar-refractivity contribution in [3.8, 4) is 0 Å². The van der Waals surface area contributed by atoms with E-state index in [2.05, 4.69) is 10.6 Å². The van der Waals surface area contributed by atoms with E-state index in [0.29, 0.717) is 23.5 Å². The van der Waals surface area contributed by atoms with Gasteiger partial charge in [0.15, 0.2) is 0 Å². The van der Waals surface area contributed by atoms with Gasteiger partial charge in [-0.25, -0.2) is 0 Å². The summed E-state index contributed by atoms with van der Waals surface area (Å²) >= 11 is 0. The molecule has 1 aliphatic rings. The average Bonchev–Trinajstić information content (AvgIpc) is 3.11. The van der Waals surface area contributed by atoms with Gasteiger partial charge in [0.1, 0.15) is 0 Å². The fraction of sp³-hybridized carbons (Fsp3) is 0.348. The van der Waals surface area contributed by atoms with Crippen LogP contribution in [0.4, 0.5) is 17.1 Å². The first-order chi connectivity index (χ1) is 14.2. The highest BCUT2D eigenvalue weighted by atomic mass is 16.2. The van der Waals surface area contributed by atoms with Crippen LogP contribution >= 0.6 is 0 Å². The molecule has 30 heavy (non-hydrogen) atoms. The lowest BCUT2D eigenvalue weighted by molar-refractivity contribution is -0.129. The van der Waals surface area contributed by atoms with Crippen molar-refractivity contribution < 1.29 is 14.4 Å². The number of carbonyl (C=O) groups is 3. The minimum Gasteiger partial charge on any atom is -0.378 e. The third kappa shape index (κ3) is 4.97. The molecule has 2 aromatic carbocycles. The number of rotatable bonds is 6. The van der Waals surface area contributed by atoms with Crippen molar-refractivity contribution in [2.24, 2.45) is 5.92 Å². The second kappa shape index (κ2) is 8.98. The molecule has 7 nitrogen and oxygen atoms in total. The molecule has 7 heteroatoms. The highest BCUT2D eigenvalue weighted by molar-refractivity contribution is 6.05. The van der Waals surface area contributed by atoms with Crippen LogP contribution in [0.3, 0.4) is 0 Å². The van der Waals surface area contributed by atoms with E-state index in [1.807, 2.05) is 57.1 Å². The Kier molecular flexibility index (Phi) is 6.40. The number of nitrogens with one attached hydrogen (secondary N) is 2. The van der Waals surface area contributed by atoms with Crippen LogP contribution in [-0.2, 0) is 9.59 Å². The van der Waals surface area contributed by atoms with Gasteiger partial charge in [0, 0.05) is 55.7 Å². The Morgan fingerprint density at radius 1 is 0.967 bits per heavy atom. The minimum absolute atomic E-state index is 0.00998. The molecule has 0 spiro atoms. The summed E-state index contributed by atoms with van der Waals surface area (Å²) < 4.78 is 0. The lowest BCUT2D eigenvalue weighted by Gasteiger charge is -2.20. The van der Waals surface area contributed by atoms with Crippen molar-refractivity contribution >= 4 is 34.8 Å². The van der Waals surface area contributed by atoms with Crippen molar-refractivity contribution in [3.63, 3.8) is 0 Å². The molecule has 0 radical (unpaired) electrons. The van der Waals surface area contributed by atoms with E-state index in [1.165, 1.54) is 0 Å². The summed E-state index contributed by atoms with van der Waals surface area (Å²) in [5, 5.41) is 5.70. The van der Waals surface area contributed by atoms with Gasteiger partial charge in [-0.2, -0.15) is 0 Å². The molecule has 3 rings (SSSR count). The molecule has 1 saturated heterocycles. The number of likely N-dealkylation sites (tertiary alicyclic amines) is 1. The van der Waals surface area contributed by atoms with E-state index >= 15 is 0 Å². The zero-order chi connectivity index (χ0) is 21.8. The number of anilines is 3. The first kappa shape index (κ1) is 21.4. The summed E-state index contributed by atoms with van der Waals surface area (Å²) in [6.07, 6.45) is 0.233. The van der Waals surface area contributed by atoms with E-state index in [-0.39, 0.29) is 36.1 Å². The third-order valence-electron chi connectivity index (χ3n) is 5.21. The second-order valence-electron chi connectivity index (χ2n) is 8.00. The second-order valence-corrected chi connectivity index (χ2v) is 8.00. The number of nitrogens with zero attached hydrogens (tertiary/aromatic N) is 2. The predicted molar refractivity (Wildman–Crippen MR) is 119 cm³/mol. The van der Waals surface area contributed by atoms with Crippen LogP contribution in [0, 0.1) is 5.92 Å². The lowest BCUT2D eigenvalue weighted by atomic mass is 10.1. The number of hydrogen-bond acceptors (Lipinski definition) is 4. The molecule has 2 aromatic rings. The Bertz CT molecular complexity index is 920. The standard InChI is InChI=1S/C23H28N4O3/c1-15(2)27-14-17(13-21(27)28)23(30)25-18-7-5-16(6-8-18)22(29)24-19-9-11-20(12-10-19)26(3)4/h5-12,15,17H,13-14H2,1-4H3,(H,24,29)(H,25,30). The smallest absolute Gasteiger partial charge is 0.255 e. The van der Waals surface area contributed by atoms with Crippen LogP contribution in [0.2, 0.25) is 0 Å². The molecule has 1 fully saturated rings. The number of benzene rings is 2. The van der Waals surface area contributed by atoms with Crippen molar-refractivity contribution in [1.29, 1.82) is 0 Å². The summed E-state index contributed by atoms with van der Waals surface area (Å²) in [4.78, 5) is 40.7. The normalized spacial score (nSPS) is 16.0. The Labute approximate surface area is 177 Å². The van der Waals surface area contributed by atoms with Crippen molar-refractivity contribution in [1.82, 2.24) is 4.90 Å². The van der Waals surface area contributed by atoms with Gasteiger partial charge >= 0.3 is 0 Å². The molecule has 0 saturated carbocycles. The van der Waals surface area contributed by atoms with Crippen LogP contribution < -0.4 is 15.5 Å². The van der Waals surface area contributed by atoms with Crippen LogP contribution in [0.25, 0.3) is 0 Å². The molecule has 0 aliphatic carbocycles. The molecule has 1 unspecified atom stereocenters. The maximum absolute atomic E-state index is 12.5. The monoisotopic (exact) mass is 408 g/mol. The quantitative estimate of drug-likeness (QED) is 0.769. The summed E-state index contributed by atoms with van der Waals surface area (Å²) in [6.45, 7) is 4.33. The van der Waals surface area contributed by atoms with E-state index in [4.69, 9.17) is 0 Å². The average molecular weight is 409 g/mol. The van der Waals surface area contributed by atoms with Gasteiger partial charge in [-0.1, -0.05) is 0 Å². The fourth-order valence-electron chi connectivity index (χ4n) is 3.40. The van der Waals surface area contributed by atoms with E-state index < -0.39 is 0 Å². The van der Waals surface area contributed by atoms with Crippen LogP contribution in [0.5, 0.6) is 0 Å². The molecular formula is C23H28N4O3. The molecule has 158 valence electrons. The summed E-state index contributed by atoms with van der Waals surface area (Å²) in [6, 6.07) is 14.4. The van der Waals surface area contributed by atoms with Crippen LogP contribution in [0.15, 0.2) is 48.5 Å². The van der Waals surface area contributed by atoms with Gasteiger partial charge in [0.25, 0.3) is 5.91 Å². The Balaban J connectivity index is 1.57. The molecule has 1 heterocycles. The van der Waals surface area contributed by atoms with Crippen LogP contribution in [0.1, 0.15) is 30.6 Å². The lowest BCUT2D eigenvalue weighted by Crippen LogP contribution is -2.33. The van der Waals surface area contributed by atoms with Crippen LogP contribution in [-0.4, -0.2) is 49.3 Å². The zero-order valence-corrected chi connectivity index (χ0v) is 17.8. The molecule has 3 amide bonds. The molecule has 0 bridgehead atoms. The molecule has 1 aliphatic heterocycles. The molecule has 1 atom stereocenters. The maximum Gasteiger partial charge on any atom is 0.255 e. The van der Waals surface area contributed by atoms with E-state index in [0.717, 1.165) is 5.69 Å². The SMILES string of the molecule is CC(C)N1CC(C(=O)Nc2ccc(C(=O)Nc3ccc(N(C)C)cc3)cc2)CC1=O. The minimum atomic E-state index is -0.354. The Hall–Kier alpha value is -3.35. The predicted octanol–water partition coefficient (Wildman–Crippen LogP) is 3.20. The van der Waals surface area contributed by atoms with Crippen molar-refractivity contribution in [3.05, 3.63) is 54.1 Å². The number of carbonyl (C=O) groups excluding carboxylic acids is 3.